The molecule has 6 nitrogen and oxygen atoms in total. The number of nitrogens with one attached hydrogen (secondary N) is 1. The smallest absolute Gasteiger partial charge is 0.266 e. The lowest BCUT2D eigenvalue weighted by atomic mass is 10.1. The van der Waals surface area contributed by atoms with Crippen LogP contribution in [-0.4, -0.2) is 23.6 Å². The van der Waals surface area contributed by atoms with Crippen LogP contribution in [0.15, 0.2) is 36.4 Å². The molecule has 0 fully saturated rings. The molecule has 2 aromatic carbocycles. The number of imide groups is 2. The predicted molar refractivity (Wildman–Crippen MR) is 80.8 cm³/mol. The third-order valence-corrected chi connectivity index (χ3v) is 4.24. The van der Waals surface area contributed by atoms with Crippen molar-refractivity contribution in [3.8, 4) is 0 Å². The van der Waals surface area contributed by atoms with Gasteiger partial charge in [0.05, 0.1) is 33.0 Å². The molecule has 23 heavy (non-hydrogen) atoms. The van der Waals surface area contributed by atoms with Crippen LogP contribution < -0.4 is 10.2 Å². The fourth-order valence-corrected chi connectivity index (χ4v) is 3.13. The molecular formula is C16H7ClN2O4. The van der Waals surface area contributed by atoms with Crippen molar-refractivity contribution in [2.75, 3.05) is 4.90 Å². The molecule has 4 amide bonds. The summed E-state index contributed by atoms with van der Waals surface area (Å²) in [6.45, 7) is 0. The molecule has 112 valence electrons. The Morgan fingerprint density at radius 1 is 0.783 bits per heavy atom. The molecule has 0 bridgehead atoms. The standard InChI is InChI=1S/C16H7ClN2O4/c17-12-10(6-5-9-11(12)14(21)18-13(9)20)19-15(22)7-3-1-2-4-8(7)16(19)23/h1-6H,(H,18,20,21). The van der Waals surface area contributed by atoms with Crippen molar-refractivity contribution in [3.05, 3.63) is 63.7 Å². The lowest BCUT2D eigenvalue weighted by Crippen LogP contribution is -2.30. The summed E-state index contributed by atoms with van der Waals surface area (Å²) in [6.07, 6.45) is 0. The summed E-state index contributed by atoms with van der Waals surface area (Å²) in [5.41, 5.74) is 0.733. The lowest BCUT2D eigenvalue weighted by Gasteiger charge is -2.16. The Hall–Kier alpha value is -2.99. The topological polar surface area (TPSA) is 83.6 Å². The zero-order chi connectivity index (χ0) is 16.3. The summed E-state index contributed by atoms with van der Waals surface area (Å²) in [4.78, 5) is 49.4. The molecule has 0 unspecified atom stereocenters. The van der Waals surface area contributed by atoms with Gasteiger partial charge in [-0.2, -0.15) is 0 Å². The number of halogens is 1. The van der Waals surface area contributed by atoms with Crippen LogP contribution in [0.2, 0.25) is 5.02 Å². The normalized spacial score (nSPS) is 15.8. The highest BCUT2D eigenvalue weighted by atomic mass is 35.5. The number of anilines is 1. The van der Waals surface area contributed by atoms with Gasteiger partial charge in [0.1, 0.15) is 0 Å². The average molecular weight is 327 g/mol. The summed E-state index contributed by atoms with van der Waals surface area (Å²) in [7, 11) is 0. The van der Waals surface area contributed by atoms with E-state index in [2.05, 4.69) is 5.32 Å². The molecule has 0 saturated carbocycles. The van der Waals surface area contributed by atoms with Gasteiger partial charge in [-0.15, -0.1) is 0 Å². The van der Waals surface area contributed by atoms with Gasteiger partial charge in [-0.25, -0.2) is 4.90 Å². The Morgan fingerprint density at radius 3 is 2.00 bits per heavy atom. The van der Waals surface area contributed by atoms with E-state index < -0.39 is 23.6 Å². The Kier molecular flexibility index (Phi) is 2.67. The third kappa shape index (κ3) is 1.69. The number of nitrogens with zero attached hydrogens (tertiary/aromatic N) is 1. The van der Waals surface area contributed by atoms with Gasteiger partial charge in [0.25, 0.3) is 23.6 Å². The third-order valence-electron chi connectivity index (χ3n) is 3.86. The van der Waals surface area contributed by atoms with Crippen LogP contribution in [0.25, 0.3) is 0 Å². The molecule has 0 radical (unpaired) electrons. The number of amides is 4. The highest BCUT2D eigenvalue weighted by molar-refractivity contribution is 6.43. The van der Waals surface area contributed by atoms with Gasteiger partial charge in [-0.05, 0) is 24.3 Å². The first-order chi connectivity index (χ1) is 11.0. The van der Waals surface area contributed by atoms with Crippen LogP contribution in [-0.2, 0) is 0 Å². The molecule has 0 spiro atoms. The monoisotopic (exact) mass is 326 g/mol. The minimum atomic E-state index is -0.645. The SMILES string of the molecule is O=C1NC(=O)c2c1ccc(N1C(=O)c3ccccc3C1=O)c2Cl. The lowest BCUT2D eigenvalue weighted by molar-refractivity contribution is 0.0874. The molecule has 1 N–H and O–H groups in total. The van der Waals surface area contributed by atoms with Gasteiger partial charge in [0.15, 0.2) is 0 Å². The van der Waals surface area contributed by atoms with E-state index in [4.69, 9.17) is 11.6 Å². The van der Waals surface area contributed by atoms with Crippen LogP contribution in [0, 0.1) is 0 Å². The van der Waals surface area contributed by atoms with Crippen molar-refractivity contribution < 1.29 is 19.2 Å². The van der Waals surface area contributed by atoms with Crippen molar-refractivity contribution in [1.29, 1.82) is 0 Å². The van der Waals surface area contributed by atoms with Gasteiger partial charge in [0.2, 0.25) is 0 Å². The highest BCUT2D eigenvalue weighted by Crippen LogP contribution is 2.37. The molecule has 2 aliphatic rings. The second kappa shape index (κ2) is 4.50. The fraction of sp³-hybridized carbons (Fsp3) is 0. The molecule has 2 aromatic rings. The number of carbonyl (C=O) groups excluding carboxylic acids is 4. The van der Waals surface area contributed by atoms with E-state index in [1.807, 2.05) is 0 Å². The number of hydrogen-bond donors (Lipinski definition) is 1. The first-order valence-electron chi connectivity index (χ1n) is 6.66. The molecule has 4 rings (SSSR count). The van der Waals surface area contributed by atoms with Crippen molar-refractivity contribution >= 4 is 40.9 Å². The van der Waals surface area contributed by atoms with E-state index in [-0.39, 0.29) is 33.0 Å². The van der Waals surface area contributed by atoms with E-state index in [1.165, 1.54) is 12.1 Å². The predicted octanol–water partition coefficient (Wildman–Crippen LogP) is 2.02. The number of hydrogen-bond acceptors (Lipinski definition) is 4. The van der Waals surface area contributed by atoms with Gasteiger partial charge >= 0.3 is 0 Å². The molecule has 0 atom stereocenters. The fourth-order valence-electron chi connectivity index (χ4n) is 2.79. The summed E-state index contributed by atoms with van der Waals surface area (Å²) in [5, 5.41) is 2.03. The maximum Gasteiger partial charge on any atom is 0.266 e. The molecule has 0 saturated heterocycles. The second-order valence-electron chi connectivity index (χ2n) is 5.10. The molecule has 2 heterocycles. The molecule has 7 heteroatoms. The minimum absolute atomic E-state index is 0.0225. The number of carbonyl (C=O) groups is 4. The Morgan fingerprint density at radius 2 is 1.39 bits per heavy atom. The summed E-state index contributed by atoms with van der Waals surface area (Å²) >= 11 is 6.21. The second-order valence-corrected chi connectivity index (χ2v) is 5.47. The molecule has 2 aliphatic heterocycles. The Bertz CT molecular complexity index is 916. The summed E-state index contributed by atoms with van der Waals surface area (Å²) in [6, 6.07) is 9.18. The van der Waals surface area contributed by atoms with Crippen molar-refractivity contribution in [2.45, 2.75) is 0 Å². The minimum Gasteiger partial charge on any atom is -0.288 e. The zero-order valence-electron chi connectivity index (χ0n) is 11.4. The quantitative estimate of drug-likeness (QED) is 0.813. The van der Waals surface area contributed by atoms with Gasteiger partial charge in [-0.3, -0.25) is 24.5 Å². The summed E-state index contributed by atoms with van der Waals surface area (Å²) in [5.74, 6) is -2.23. The largest absolute Gasteiger partial charge is 0.288 e. The van der Waals surface area contributed by atoms with E-state index >= 15 is 0 Å². The number of benzene rings is 2. The van der Waals surface area contributed by atoms with Gasteiger partial charge < -0.3 is 0 Å². The Balaban J connectivity index is 1.90. The average Bonchev–Trinajstić information content (AvgIpc) is 2.96. The maximum absolute atomic E-state index is 12.5. The van der Waals surface area contributed by atoms with Crippen LogP contribution in [0.5, 0.6) is 0 Å². The van der Waals surface area contributed by atoms with Gasteiger partial charge in [-0.1, -0.05) is 23.7 Å². The zero-order valence-corrected chi connectivity index (χ0v) is 12.2. The number of fused-ring (bicyclic) bond motifs is 2. The first-order valence-corrected chi connectivity index (χ1v) is 7.04. The first kappa shape index (κ1) is 13.7. The summed E-state index contributed by atoms with van der Waals surface area (Å²) < 4.78 is 0. The van der Waals surface area contributed by atoms with E-state index in [9.17, 15) is 19.2 Å². The van der Waals surface area contributed by atoms with Gasteiger partial charge in [0, 0.05) is 0 Å². The highest BCUT2D eigenvalue weighted by Gasteiger charge is 2.39. The van der Waals surface area contributed by atoms with Crippen molar-refractivity contribution in [1.82, 2.24) is 5.32 Å². The van der Waals surface area contributed by atoms with Crippen molar-refractivity contribution in [3.63, 3.8) is 0 Å². The van der Waals surface area contributed by atoms with Crippen LogP contribution in [0.1, 0.15) is 41.4 Å². The maximum atomic E-state index is 12.5. The van der Waals surface area contributed by atoms with E-state index in [0.29, 0.717) is 0 Å². The van der Waals surface area contributed by atoms with Crippen LogP contribution in [0.4, 0.5) is 5.69 Å². The molecule has 0 aliphatic carbocycles. The van der Waals surface area contributed by atoms with Crippen LogP contribution in [0.3, 0.4) is 0 Å². The molecular weight excluding hydrogens is 320 g/mol. The molecule has 0 aromatic heterocycles. The van der Waals surface area contributed by atoms with Crippen molar-refractivity contribution in [2.24, 2.45) is 0 Å². The van der Waals surface area contributed by atoms with E-state index in [1.54, 1.807) is 24.3 Å². The number of rotatable bonds is 1. The Labute approximate surface area is 134 Å². The van der Waals surface area contributed by atoms with E-state index in [0.717, 1.165) is 4.90 Å². The van der Waals surface area contributed by atoms with Crippen LogP contribution >= 0.6 is 11.6 Å².